The number of hydrogen-bond acceptors (Lipinski definition) is 6. The third-order valence-corrected chi connectivity index (χ3v) is 3.38. The van der Waals surface area contributed by atoms with Gasteiger partial charge < -0.3 is 30.2 Å². The van der Waals surface area contributed by atoms with Crippen LogP contribution in [0.3, 0.4) is 0 Å². The molecule has 29 heavy (non-hydrogen) atoms. The molecule has 0 saturated carbocycles. The first-order chi connectivity index (χ1) is 14.0. The number of carboxylic acid groups (broad SMARTS) is 2. The summed E-state index contributed by atoms with van der Waals surface area (Å²) in [6, 6.07) is 15.9. The molecule has 0 unspecified atom stereocenters. The Hall–Kier alpha value is -3.36. The quantitative estimate of drug-likeness (QED) is 0.408. The monoisotopic (exact) mass is 403 g/mol. The lowest BCUT2D eigenvalue weighted by Crippen LogP contribution is -2.05. The molecule has 0 aliphatic heterocycles. The highest BCUT2D eigenvalue weighted by atomic mass is 16.7. The maximum absolute atomic E-state index is 9.55. The van der Waals surface area contributed by atoms with Gasteiger partial charge in [-0.1, -0.05) is 36.4 Å². The minimum absolute atomic E-state index is 0.192. The number of nitrogens with two attached hydrogens (primary N) is 1. The average Bonchev–Trinajstić information content (AvgIpc) is 2.71. The summed E-state index contributed by atoms with van der Waals surface area (Å²) in [6.07, 6.45) is 1.93. The molecule has 0 aromatic heterocycles. The first kappa shape index (κ1) is 23.7. The van der Waals surface area contributed by atoms with Crippen molar-refractivity contribution in [1.82, 2.24) is 0 Å². The number of benzene rings is 2. The predicted octanol–water partition coefficient (Wildman–Crippen LogP) is 2.46. The summed E-state index contributed by atoms with van der Waals surface area (Å²) in [7, 11) is 1.59. The lowest BCUT2D eigenvalue weighted by Gasteiger charge is -2.14. The molecule has 0 atom stereocenters. The third kappa shape index (κ3) is 10.5. The number of carboxylic acids is 2. The van der Waals surface area contributed by atoms with Crippen LogP contribution in [0.2, 0.25) is 0 Å². The van der Waals surface area contributed by atoms with Gasteiger partial charge in [0.05, 0.1) is 0 Å². The number of ether oxygens (including phenoxy) is 3. The van der Waals surface area contributed by atoms with E-state index in [1.807, 2.05) is 48.5 Å². The summed E-state index contributed by atoms with van der Waals surface area (Å²) in [4.78, 5) is 19.1. The average molecular weight is 403 g/mol. The van der Waals surface area contributed by atoms with Crippen molar-refractivity contribution in [3.8, 4) is 11.5 Å². The highest BCUT2D eigenvalue weighted by molar-refractivity contribution is 5.89. The van der Waals surface area contributed by atoms with Crippen molar-refractivity contribution < 1.29 is 34.0 Å². The summed E-state index contributed by atoms with van der Waals surface area (Å²) in [5.41, 5.74) is 7.84. The zero-order chi connectivity index (χ0) is 21.5. The van der Waals surface area contributed by atoms with Gasteiger partial charge >= 0.3 is 11.9 Å². The SMILES string of the molecule is COCOc1ccc(CCN)cc1OCc1ccccc1.O=C(O)/C=C\C(=O)O. The van der Waals surface area contributed by atoms with Crippen molar-refractivity contribution in [3.05, 3.63) is 71.8 Å². The van der Waals surface area contributed by atoms with Crippen LogP contribution in [-0.4, -0.2) is 42.6 Å². The van der Waals surface area contributed by atoms with Crippen LogP contribution in [0.1, 0.15) is 11.1 Å². The topological polar surface area (TPSA) is 128 Å². The van der Waals surface area contributed by atoms with E-state index in [1.54, 1.807) is 7.11 Å². The van der Waals surface area contributed by atoms with E-state index in [9.17, 15) is 9.59 Å². The normalized spacial score (nSPS) is 10.1. The van der Waals surface area contributed by atoms with Crippen LogP contribution in [0.25, 0.3) is 0 Å². The van der Waals surface area contributed by atoms with Crippen LogP contribution in [0.5, 0.6) is 11.5 Å². The number of carbonyl (C=O) groups is 2. The van der Waals surface area contributed by atoms with Crippen molar-refractivity contribution in [2.75, 3.05) is 20.4 Å². The molecule has 0 amide bonds. The minimum atomic E-state index is -1.26. The zero-order valence-corrected chi connectivity index (χ0v) is 16.1. The van der Waals surface area contributed by atoms with Gasteiger partial charge in [0, 0.05) is 19.3 Å². The fourth-order valence-corrected chi connectivity index (χ4v) is 2.11. The highest BCUT2D eigenvalue weighted by Gasteiger charge is 2.07. The van der Waals surface area contributed by atoms with Gasteiger partial charge in [0.2, 0.25) is 0 Å². The highest BCUT2D eigenvalue weighted by Crippen LogP contribution is 2.29. The Labute approximate surface area is 169 Å². The van der Waals surface area contributed by atoms with E-state index in [4.69, 9.17) is 30.2 Å². The molecule has 2 rings (SSSR count). The van der Waals surface area contributed by atoms with Crippen LogP contribution in [0, 0.1) is 0 Å². The summed E-state index contributed by atoms with van der Waals surface area (Å²) in [6.45, 7) is 1.30. The predicted molar refractivity (Wildman–Crippen MR) is 107 cm³/mol. The van der Waals surface area contributed by atoms with Crippen molar-refractivity contribution in [2.24, 2.45) is 5.73 Å². The van der Waals surface area contributed by atoms with Crippen molar-refractivity contribution in [2.45, 2.75) is 13.0 Å². The molecule has 0 bridgehead atoms. The summed E-state index contributed by atoms with van der Waals surface area (Å²) >= 11 is 0. The van der Waals surface area contributed by atoms with Gasteiger partial charge in [-0.15, -0.1) is 0 Å². The van der Waals surface area contributed by atoms with Crippen molar-refractivity contribution >= 4 is 11.9 Å². The molecule has 2 aromatic rings. The van der Waals surface area contributed by atoms with Gasteiger partial charge in [0.1, 0.15) is 6.61 Å². The summed E-state index contributed by atoms with van der Waals surface area (Å²) in [5, 5.41) is 15.6. The molecule has 0 spiro atoms. The van der Waals surface area contributed by atoms with Gasteiger partial charge in [-0.05, 0) is 36.2 Å². The van der Waals surface area contributed by atoms with E-state index in [2.05, 4.69) is 0 Å². The zero-order valence-electron chi connectivity index (χ0n) is 16.1. The van der Waals surface area contributed by atoms with Gasteiger partial charge in [-0.25, -0.2) is 9.59 Å². The molecule has 0 fully saturated rings. The number of aliphatic carboxylic acids is 2. The maximum atomic E-state index is 9.55. The fraction of sp³-hybridized carbons (Fsp3) is 0.238. The molecule has 4 N–H and O–H groups in total. The maximum Gasteiger partial charge on any atom is 0.328 e. The first-order valence-electron chi connectivity index (χ1n) is 8.71. The number of hydrogen-bond donors (Lipinski definition) is 3. The van der Waals surface area contributed by atoms with Gasteiger partial charge in [0.15, 0.2) is 18.3 Å². The first-order valence-corrected chi connectivity index (χ1v) is 8.71. The van der Waals surface area contributed by atoms with E-state index in [0.29, 0.717) is 36.8 Å². The summed E-state index contributed by atoms with van der Waals surface area (Å²) in [5.74, 6) is -1.13. The largest absolute Gasteiger partial charge is 0.485 e. The Bertz CT molecular complexity index is 775. The molecule has 0 aliphatic rings. The number of methoxy groups -OCH3 is 1. The summed E-state index contributed by atoms with van der Waals surface area (Å²) < 4.78 is 16.4. The second kappa shape index (κ2) is 13.8. The van der Waals surface area contributed by atoms with Crippen LogP contribution in [0.4, 0.5) is 0 Å². The van der Waals surface area contributed by atoms with Crippen LogP contribution < -0.4 is 15.2 Å². The molecule has 8 nitrogen and oxygen atoms in total. The fourth-order valence-electron chi connectivity index (χ4n) is 2.11. The molecule has 8 heteroatoms. The Morgan fingerprint density at radius 3 is 2.14 bits per heavy atom. The van der Waals surface area contributed by atoms with E-state index in [1.165, 1.54) is 0 Å². The van der Waals surface area contributed by atoms with Crippen LogP contribution in [0.15, 0.2) is 60.7 Å². The lowest BCUT2D eigenvalue weighted by atomic mass is 10.1. The Morgan fingerprint density at radius 2 is 1.59 bits per heavy atom. The third-order valence-electron chi connectivity index (χ3n) is 3.38. The number of rotatable bonds is 10. The second-order valence-electron chi connectivity index (χ2n) is 5.65. The van der Waals surface area contributed by atoms with Crippen LogP contribution >= 0.6 is 0 Å². The molecule has 156 valence electrons. The second-order valence-corrected chi connectivity index (χ2v) is 5.65. The standard InChI is InChI=1S/C17H21NO3.C4H4O4/c1-19-13-21-16-8-7-14(9-10-18)11-17(16)20-12-15-5-3-2-4-6-15;5-3(6)1-2-4(7)8/h2-8,11H,9-10,12-13,18H2,1H3;1-2H,(H,5,6)(H,7,8)/b;2-1-. The van der Waals surface area contributed by atoms with Gasteiger partial charge in [-0.2, -0.15) is 0 Å². The van der Waals surface area contributed by atoms with E-state index >= 15 is 0 Å². The Morgan fingerprint density at radius 1 is 0.931 bits per heavy atom. The van der Waals surface area contributed by atoms with Gasteiger partial charge in [0.25, 0.3) is 0 Å². The van der Waals surface area contributed by atoms with Crippen molar-refractivity contribution in [1.29, 1.82) is 0 Å². The molecule has 0 aliphatic carbocycles. The molecular formula is C21H25NO7. The smallest absolute Gasteiger partial charge is 0.328 e. The Kier molecular flexibility index (Phi) is 11.2. The molecule has 0 heterocycles. The van der Waals surface area contributed by atoms with E-state index < -0.39 is 11.9 Å². The van der Waals surface area contributed by atoms with Crippen molar-refractivity contribution in [3.63, 3.8) is 0 Å². The Balaban J connectivity index is 0.000000447. The molecule has 0 saturated heterocycles. The van der Waals surface area contributed by atoms with Gasteiger partial charge in [-0.3, -0.25) is 0 Å². The van der Waals surface area contributed by atoms with E-state index in [0.717, 1.165) is 17.5 Å². The molecular weight excluding hydrogens is 378 g/mol. The van der Waals surface area contributed by atoms with Crippen LogP contribution in [-0.2, 0) is 27.4 Å². The molecule has 0 radical (unpaired) electrons. The lowest BCUT2D eigenvalue weighted by molar-refractivity contribution is -0.134. The molecule has 2 aromatic carbocycles. The van der Waals surface area contributed by atoms with E-state index in [-0.39, 0.29) is 6.79 Å². The minimum Gasteiger partial charge on any atom is -0.485 e.